The number of aryl methyl sites for hydroxylation is 1. The highest BCUT2D eigenvalue weighted by Crippen LogP contribution is 2.31. The van der Waals surface area contributed by atoms with Crippen molar-refractivity contribution in [3.63, 3.8) is 0 Å². The molecule has 0 fully saturated rings. The predicted molar refractivity (Wildman–Crippen MR) is 80.8 cm³/mol. The molecule has 19 heavy (non-hydrogen) atoms. The van der Waals surface area contributed by atoms with Crippen molar-refractivity contribution in [2.24, 2.45) is 0 Å². The van der Waals surface area contributed by atoms with E-state index >= 15 is 0 Å². The minimum atomic E-state index is 0.107. The highest BCUT2D eigenvalue weighted by Gasteiger charge is 2.15. The standard InChI is InChI=1S/C13H20N4OS/c1-3-5-17(6-7-18)11-10-8-9(4-2)19-12(10)16-13(14)15-11/h8,18H,3-7H2,1-2H3,(H2,14,15,16). The first-order chi connectivity index (χ1) is 9.19. The molecule has 6 heteroatoms. The van der Waals surface area contributed by atoms with Crippen LogP contribution in [0.25, 0.3) is 10.2 Å². The Balaban J connectivity index is 2.52. The van der Waals surface area contributed by atoms with Crippen molar-refractivity contribution in [3.8, 4) is 0 Å². The molecule has 2 rings (SSSR count). The molecule has 0 aliphatic carbocycles. The Labute approximate surface area is 117 Å². The molecule has 104 valence electrons. The Morgan fingerprint density at radius 3 is 2.74 bits per heavy atom. The summed E-state index contributed by atoms with van der Waals surface area (Å²) in [6.07, 6.45) is 1.98. The van der Waals surface area contributed by atoms with Crippen LogP contribution < -0.4 is 10.6 Å². The molecule has 0 spiro atoms. The van der Waals surface area contributed by atoms with E-state index in [2.05, 4.69) is 34.8 Å². The van der Waals surface area contributed by atoms with Gasteiger partial charge in [0.2, 0.25) is 5.95 Å². The Kier molecular flexibility index (Phi) is 4.55. The molecule has 0 saturated heterocycles. The molecule has 0 radical (unpaired) electrons. The number of aliphatic hydroxyl groups excluding tert-OH is 1. The van der Waals surface area contributed by atoms with Crippen molar-refractivity contribution < 1.29 is 5.11 Å². The molecular formula is C13H20N4OS. The molecule has 0 aliphatic heterocycles. The summed E-state index contributed by atoms with van der Waals surface area (Å²) in [7, 11) is 0. The van der Waals surface area contributed by atoms with E-state index in [1.165, 1.54) is 4.88 Å². The molecule has 2 aromatic rings. The zero-order chi connectivity index (χ0) is 13.8. The van der Waals surface area contributed by atoms with E-state index in [4.69, 9.17) is 5.73 Å². The van der Waals surface area contributed by atoms with E-state index < -0.39 is 0 Å². The highest BCUT2D eigenvalue weighted by atomic mass is 32.1. The average molecular weight is 280 g/mol. The maximum Gasteiger partial charge on any atom is 0.223 e. The van der Waals surface area contributed by atoms with Crippen LogP contribution in [0.1, 0.15) is 25.1 Å². The van der Waals surface area contributed by atoms with Crippen LogP contribution in [0, 0.1) is 0 Å². The minimum absolute atomic E-state index is 0.107. The minimum Gasteiger partial charge on any atom is -0.395 e. The quantitative estimate of drug-likeness (QED) is 0.847. The van der Waals surface area contributed by atoms with Gasteiger partial charge in [-0.1, -0.05) is 13.8 Å². The topological polar surface area (TPSA) is 75.3 Å². The maximum absolute atomic E-state index is 9.20. The Morgan fingerprint density at radius 2 is 2.11 bits per heavy atom. The summed E-state index contributed by atoms with van der Waals surface area (Å²) in [5.41, 5.74) is 5.80. The van der Waals surface area contributed by atoms with Gasteiger partial charge in [-0.25, -0.2) is 4.98 Å². The van der Waals surface area contributed by atoms with Gasteiger partial charge in [0, 0.05) is 18.0 Å². The number of fused-ring (bicyclic) bond motifs is 1. The summed E-state index contributed by atoms with van der Waals surface area (Å²) in [5.74, 6) is 1.14. The van der Waals surface area contributed by atoms with E-state index in [1.54, 1.807) is 11.3 Å². The lowest BCUT2D eigenvalue weighted by atomic mass is 10.3. The Hall–Kier alpha value is -1.40. The van der Waals surface area contributed by atoms with Crippen molar-refractivity contribution in [1.29, 1.82) is 0 Å². The predicted octanol–water partition coefficient (Wildman–Crippen LogP) is 2.04. The third-order valence-electron chi connectivity index (χ3n) is 2.95. The van der Waals surface area contributed by atoms with E-state index in [9.17, 15) is 5.11 Å². The van der Waals surface area contributed by atoms with Gasteiger partial charge in [0.05, 0.1) is 12.0 Å². The second-order valence-electron chi connectivity index (χ2n) is 4.40. The number of nitrogens with two attached hydrogens (primary N) is 1. The maximum atomic E-state index is 9.20. The first-order valence-electron chi connectivity index (χ1n) is 6.61. The van der Waals surface area contributed by atoms with Crippen LogP contribution in [0.4, 0.5) is 11.8 Å². The van der Waals surface area contributed by atoms with Crippen molar-refractivity contribution in [3.05, 3.63) is 10.9 Å². The molecule has 0 aromatic carbocycles. The lowest BCUT2D eigenvalue weighted by Crippen LogP contribution is -2.28. The molecular weight excluding hydrogens is 260 g/mol. The van der Waals surface area contributed by atoms with E-state index in [0.29, 0.717) is 12.5 Å². The molecule has 0 atom stereocenters. The number of nitrogens with zero attached hydrogens (tertiary/aromatic N) is 3. The third kappa shape index (κ3) is 2.96. The number of nitrogen functional groups attached to an aromatic ring is 1. The first kappa shape index (κ1) is 14.0. The molecule has 0 saturated carbocycles. The number of hydrogen-bond acceptors (Lipinski definition) is 6. The summed E-state index contributed by atoms with van der Waals surface area (Å²) < 4.78 is 0. The molecule has 5 nitrogen and oxygen atoms in total. The van der Waals surface area contributed by atoms with Crippen molar-refractivity contribution in [1.82, 2.24) is 9.97 Å². The second-order valence-corrected chi connectivity index (χ2v) is 5.52. The van der Waals surface area contributed by atoms with Gasteiger partial charge in [0.1, 0.15) is 10.6 Å². The molecule has 2 aromatic heterocycles. The van der Waals surface area contributed by atoms with Gasteiger partial charge in [-0.15, -0.1) is 11.3 Å². The van der Waals surface area contributed by atoms with Gasteiger partial charge in [-0.05, 0) is 18.9 Å². The molecule has 0 amide bonds. The van der Waals surface area contributed by atoms with Gasteiger partial charge < -0.3 is 15.7 Å². The third-order valence-corrected chi connectivity index (χ3v) is 4.13. The number of thiophene rings is 1. The van der Waals surface area contributed by atoms with Crippen molar-refractivity contribution in [2.45, 2.75) is 26.7 Å². The van der Waals surface area contributed by atoms with Gasteiger partial charge in [0.15, 0.2) is 0 Å². The monoisotopic (exact) mass is 280 g/mol. The van der Waals surface area contributed by atoms with Gasteiger partial charge in [-0.2, -0.15) is 4.98 Å². The SMILES string of the molecule is CCCN(CCO)c1nc(N)nc2sc(CC)cc12. The fraction of sp³-hybridized carbons (Fsp3) is 0.538. The lowest BCUT2D eigenvalue weighted by molar-refractivity contribution is 0.301. The van der Waals surface area contributed by atoms with Crippen LogP contribution in [0.2, 0.25) is 0 Å². The summed E-state index contributed by atoms with van der Waals surface area (Å²) in [6.45, 7) is 5.76. The highest BCUT2D eigenvalue weighted by molar-refractivity contribution is 7.18. The number of rotatable bonds is 6. The van der Waals surface area contributed by atoms with Crippen LogP contribution in [0.5, 0.6) is 0 Å². The van der Waals surface area contributed by atoms with Crippen LogP contribution in [0.3, 0.4) is 0 Å². The van der Waals surface area contributed by atoms with Gasteiger partial charge in [0.25, 0.3) is 0 Å². The van der Waals surface area contributed by atoms with Crippen molar-refractivity contribution >= 4 is 33.3 Å². The molecule has 0 aliphatic rings. The normalized spacial score (nSPS) is 11.1. The number of aromatic nitrogens is 2. The first-order valence-corrected chi connectivity index (χ1v) is 7.43. The summed E-state index contributed by atoms with van der Waals surface area (Å²) in [6, 6.07) is 2.13. The zero-order valence-electron chi connectivity index (χ0n) is 11.4. The van der Waals surface area contributed by atoms with E-state index in [1.807, 2.05) is 0 Å². The molecule has 0 unspecified atom stereocenters. The van der Waals surface area contributed by atoms with Crippen LogP contribution in [-0.4, -0.2) is 34.8 Å². The fourth-order valence-electron chi connectivity index (χ4n) is 2.10. The average Bonchev–Trinajstić information content (AvgIpc) is 2.80. The van der Waals surface area contributed by atoms with Crippen LogP contribution in [-0.2, 0) is 6.42 Å². The number of aliphatic hydroxyl groups is 1. The number of hydrogen-bond donors (Lipinski definition) is 2. The van der Waals surface area contributed by atoms with E-state index in [-0.39, 0.29) is 6.61 Å². The smallest absolute Gasteiger partial charge is 0.223 e. The van der Waals surface area contributed by atoms with E-state index in [0.717, 1.165) is 35.4 Å². The zero-order valence-corrected chi connectivity index (χ0v) is 12.2. The molecule has 0 bridgehead atoms. The summed E-state index contributed by atoms with van der Waals surface area (Å²) >= 11 is 1.66. The Morgan fingerprint density at radius 1 is 1.32 bits per heavy atom. The lowest BCUT2D eigenvalue weighted by Gasteiger charge is -2.22. The largest absolute Gasteiger partial charge is 0.395 e. The van der Waals surface area contributed by atoms with Gasteiger partial charge >= 0.3 is 0 Å². The van der Waals surface area contributed by atoms with Crippen LogP contribution in [0.15, 0.2) is 6.07 Å². The Bertz CT molecular complexity index is 549. The summed E-state index contributed by atoms with van der Waals surface area (Å²) in [4.78, 5) is 13.0. The van der Waals surface area contributed by atoms with Crippen molar-refractivity contribution in [2.75, 3.05) is 30.3 Å². The molecule has 2 heterocycles. The number of anilines is 2. The second kappa shape index (κ2) is 6.16. The van der Waals surface area contributed by atoms with Gasteiger partial charge in [-0.3, -0.25) is 0 Å². The fourth-order valence-corrected chi connectivity index (χ4v) is 3.07. The summed E-state index contributed by atoms with van der Waals surface area (Å²) in [5, 5.41) is 10.2. The molecule has 3 N–H and O–H groups in total. The van der Waals surface area contributed by atoms with Crippen LogP contribution >= 0.6 is 11.3 Å².